The number of ketones is 1. The van der Waals surface area contributed by atoms with Crippen LogP contribution in [0.25, 0.3) is 0 Å². The van der Waals surface area contributed by atoms with Gasteiger partial charge in [-0.3, -0.25) is 4.79 Å². The quantitative estimate of drug-likeness (QED) is 0.139. The molecule has 0 radical (unpaired) electrons. The van der Waals surface area contributed by atoms with Crippen LogP contribution >= 0.6 is 0 Å². The highest BCUT2D eigenvalue weighted by atomic mass is 16.5. The topological polar surface area (TPSA) is 66.8 Å². The predicted octanol–water partition coefficient (Wildman–Crippen LogP) is 9.21. The molecule has 2 rings (SSSR count). The Bertz CT molecular complexity index is 1030. The Labute approximate surface area is 243 Å². The van der Waals surface area contributed by atoms with Gasteiger partial charge >= 0.3 is 5.97 Å². The molecule has 0 spiro atoms. The van der Waals surface area contributed by atoms with Crippen LogP contribution in [0.2, 0.25) is 0 Å². The minimum absolute atomic E-state index is 0.0572. The van der Waals surface area contributed by atoms with Gasteiger partial charge in [-0.2, -0.15) is 0 Å². The first kappa shape index (κ1) is 33.4. The zero-order valence-corrected chi connectivity index (χ0v) is 25.9. The molecule has 0 saturated carbocycles. The number of carbonyl (C=O) groups is 2. The average Bonchev–Trinajstić information content (AvgIpc) is 2.96. The fraction of sp³-hybridized carbons (Fsp3) is 0.600. The lowest BCUT2D eigenvalue weighted by atomic mass is 9.94. The summed E-state index contributed by atoms with van der Waals surface area (Å²) >= 11 is 0. The van der Waals surface area contributed by atoms with Crippen molar-refractivity contribution >= 4 is 17.4 Å². The molecule has 1 N–H and O–H groups in total. The number of anilines is 1. The molecule has 40 heavy (non-hydrogen) atoms. The molecule has 0 aliphatic carbocycles. The van der Waals surface area contributed by atoms with E-state index in [2.05, 4.69) is 32.6 Å². The van der Waals surface area contributed by atoms with Gasteiger partial charge in [-0.05, 0) is 56.2 Å². The van der Waals surface area contributed by atoms with E-state index < -0.39 is 5.97 Å². The predicted molar refractivity (Wildman–Crippen MR) is 167 cm³/mol. The molecular weight excluding hydrogens is 498 g/mol. The molecule has 0 fully saturated rings. The molecule has 0 aliphatic heterocycles. The normalized spacial score (nSPS) is 13.4. The maximum atomic E-state index is 13.6. The van der Waals surface area contributed by atoms with Gasteiger partial charge in [0.25, 0.3) is 0 Å². The summed E-state index contributed by atoms with van der Waals surface area (Å²) in [6, 6.07) is 12.1. The molecule has 3 atom stereocenters. The first-order valence-corrected chi connectivity index (χ1v) is 15.7. The van der Waals surface area contributed by atoms with Crippen molar-refractivity contribution in [1.29, 1.82) is 0 Å². The number of ether oxygens (including phenoxy) is 1. The highest BCUT2D eigenvalue weighted by Gasteiger charge is 2.24. The molecule has 0 bridgehead atoms. The summed E-state index contributed by atoms with van der Waals surface area (Å²) in [7, 11) is 0. The largest absolute Gasteiger partial charge is 0.507 e. The van der Waals surface area contributed by atoms with E-state index in [4.69, 9.17) is 4.74 Å². The molecule has 0 amide bonds. The van der Waals surface area contributed by atoms with Gasteiger partial charge in [0, 0.05) is 30.4 Å². The van der Waals surface area contributed by atoms with Crippen molar-refractivity contribution in [1.82, 2.24) is 0 Å². The Morgan fingerprint density at radius 1 is 0.775 bits per heavy atom. The minimum Gasteiger partial charge on any atom is -0.507 e. The molecule has 2 aromatic rings. The minimum atomic E-state index is -0.512. The Balaban J connectivity index is 2.36. The lowest BCUT2D eigenvalue weighted by Gasteiger charge is -2.33. The average molecular weight is 552 g/mol. The van der Waals surface area contributed by atoms with Gasteiger partial charge in [0.2, 0.25) is 0 Å². The van der Waals surface area contributed by atoms with Crippen molar-refractivity contribution in [2.45, 2.75) is 112 Å². The first-order valence-electron chi connectivity index (χ1n) is 15.7. The highest BCUT2D eigenvalue weighted by molar-refractivity contribution is 6.15. The molecule has 222 valence electrons. The fourth-order valence-electron chi connectivity index (χ4n) is 5.37. The van der Waals surface area contributed by atoms with Gasteiger partial charge in [-0.15, -0.1) is 0 Å². The zero-order valence-electron chi connectivity index (χ0n) is 25.9. The molecule has 0 aromatic heterocycles. The maximum absolute atomic E-state index is 13.6. The van der Waals surface area contributed by atoms with E-state index in [1.165, 1.54) is 38.5 Å². The van der Waals surface area contributed by atoms with Crippen LogP contribution in [-0.4, -0.2) is 36.1 Å². The lowest BCUT2D eigenvalue weighted by Crippen LogP contribution is -2.34. The summed E-state index contributed by atoms with van der Waals surface area (Å²) < 4.78 is 5.57. The van der Waals surface area contributed by atoms with Gasteiger partial charge in [0.15, 0.2) is 5.78 Å². The summed E-state index contributed by atoms with van der Waals surface area (Å²) in [5, 5.41) is 11.1. The number of hydrogen-bond acceptors (Lipinski definition) is 5. The number of nitrogens with zero attached hydrogens (tertiary/aromatic N) is 1. The standard InChI is InChI=1S/C35H53NO4/c1-7-12-17-27(10-4)24-36(25-28(11-5)18-13-8-2)29-21-22-32(33(37)23-29)34(38)30-19-14-15-20-31(30)35(39)40-26(6)16-9-3/h14-15,19-23,26-28,37H,7-13,16-18,24-25H2,1-6H3. The third-order valence-corrected chi connectivity index (χ3v) is 8.03. The van der Waals surface area contributed by atoms with Crippen molar-refractivity contribution < 1.29 is 19.4 Å². The number of rotatable bonds is 19. The molecule has 0 saturated heterocycles. The summed E-state index contributed by atoms with van der Waals surface area (Å²) in [6.07, 6.45) is 10.9. The molecule has 0 heterocycles. The third-order valence-electron chi connectivity index (χ3n) is 8.03. The van der Waals surface area contributed by atoms with E-state index >= 15 is 0 Å². The van der Waals surface area contributed by atoms with E-state index in [1.807, 2.05) is 19.9 Å². The second-order valence-corrected chi connectivity index (χ2v) is 11.3. The summed E-state index contributed by atoms with van der Waals surface area (Å²) in [5.74, 6) is 0.219. The van der Waals surface area contributed by atoms with Crippen LogP contribution in [0.5, 0.6) is 5.75 Å². The summed E-state index contributed by atoms with van der Waals surface area (Å²) in [5.41, 5.74) is 1.61. The van der Waals surface area contributed by atoms with E-state index in [1.54, 1.807) is 36.4 Å². The number of aromatic hydroxyl groups is 1. The van der Waals surface area contributed by atoms with Crippen molar-refractivity contribution in [3.63, 3.8) is 0 Å². The molecule has 3 unspecified atom stereocenters. The Hall–Kier alpha value is -2.82. The number of phenols is 1. The number of esters is 1. The van der Waals surface area contributed by atoms with E-state index in [0.717, 1.165) is 44.5 Å². The van der Waals surface area contributed by atoms with Crippen molar-refractivity contribution in [2.75, 3.05) is 18.0 Å². The molecular formula is C35H53NO4. The van der Waals surface area contributed by atoms with Crippen molar-refractivity contribution in [3.8, 4) is 5.75 Å². The number of carbonyl (C=O) groups excluding carboxylic acids is 2. The van der Waals surface area contributed by atoms with Gasteiger partial charge < -0.3 is 14.7 Å². The van der Waals surface area contributed by atoms with Crippen molar-refractivity contribution in [2.24, 2.45) is 11.8 Å². The number of hydrogen-bond donors (Lipinski definition) is 1. The van der Waals surface area contributed by atoms with E-state index in [-0.39, 0.29) is 34.3 Å². The Kier molecular flexibility index (Phi) is 14.8. The summed E-state index contributed by atoms with van der Waals surface area (Å²) in [6.45, 7) is 14.8. The Morgan fingerprint density at radius 3 is 1.85 bits per heavy atom. The third kappa shape index (κ3) is 9.98. The van der Waals surface area contributed by atoms with Gasteiger partial charge in [0.1, 0.15) is 5.75 Å². The van der Waals surface area contributed by atoms with Crippen LogP contribution in [-0.2, 0) is 4.74 Å². The van der Waals surface area contributed by atoms with Crippen LogP contribution in [0.4, 0.5) is 5.69 Å². The van der Waals surface area contributed by atoms with Crippen molar-refractivity contribution in [3.05, 3.63) is 59.2 Å². The van der Waals surface area contributed by atoms with Crippen LogP contribution in [0.15, 0.2) is 42.5 Å². The smallest absolute Gasteiger partial charge is 0.339 e. The number of phenolic OH excluding ortho intramolecular Hbond substituents is 1. The lowest BCUT2D eigenvalue weighted by molar-refractivity contribution is 0.0321. The highest BCUT2D eigenvalue weighted by Crippen LogP contribution is 2.31. The van der Waals surface area contributed by atoms with E-state index in [0.29, 0.717) is 11.8 Å². The van der Waals surface area contributed by atoms with Crippen LogP contribution in [0, 0.1) is 11.8 Å². The van der Waals surface area contributed by atoms with E-state index in [9.17, 15) is 14.7 Å². The van der Waals surface area contributed by atoms with Gasteiger partial charge in [-0.1, -0.05) is 97.8 Å². The van der Waals surface area contributed by atoms with Crippen LogP contribution in [0.1, 0.15) is 132 Å². The van der Waals surface area contributed by atoms with Gasteiger partial charge in [0.05, 0.1) is 17.2 Å². The maximum Gasteiger partial charge on any atom is 0.339 e. The fourth-order valence-corrected chi connectivity index (χ4v) is 5.37. The monoisotopic (exact) mass is 551 g/mol. The molecule has 5 heteroatoms. The molecule has 0 aliphatic rings. The second kappa shape index (κ2) is 17.8. The van der Waals surface area contributed by atoms with Crippen LogP contribution in [0.3, 0.4) is 0 Å². The Morgan fingerprint density at radius 2 is 1.35 bits per heavy atom. The number of benzene rings is 2. The van der Waals surface area contributed by atoms with Gasteiger partial charge in [-0.25, -0.2) is 4.79 Å². The SMILES string of the molecule is CCCCC(CC)CN(CC(CC)CCCC)c1ccc(C(=O)c2ccccc2C(=O)OC(C)CCC)c(O)c1. The van der Waals surface area contributed by atoms with Crippen LogP contribution < -0.4 is 4.90 Å². The zero-order chi connectivity index (χ0) is 29.5. The summed E-state index contributed by atoms with van der Waals surface area (Å²) in [4.78, 5) is 28.9. The number of unbranched alkanes of at least 4 members (excludes halogenated alkanes) is 2. The first-order chi connectivity index (χ1) is 19.3. The second-order valence-electron chi connectivity index (χ2n) is 11.3. The molecule has 5 nitrogen and oxygen atoms in total. The molecule has 2 aromatic carbocycles.